The Bertz CT molecular complexity index is 1190. The number of amides is 1. The van der Waals surface area contributed by atoms with Crippen LogP contribution in [0.25, 0.3) is 0 Å². The van der Waals surface area contributed by atoms with E-state index in [2.05, 4.69) is 35.9 Å². The Kier molecular flexibility index (Phi) is 5.31. The maximum atomic E-state index is 12.5. The maximum Gasteiger partial charge on any atom is 0.247 e. The highest BCUT2D eigenvalue weighted by molar-refractivity contribution is 6.03. The molecule has 1 unspecified atom stereocenters. The number of pyridine rings is 1. The van der Waals surface area contributed by atoms with Gasteiger partial charge in [-0.2, -0.15) is 4.98 Å². The molecule has 0 spiro atoms. The lowest BCUT2D eigenvalue weighted by molar-refractivity contribution is -0.118. The highest BCUT2D eigenvalue weighted by Gasteiger charge is 2.43. The van der Waals surface area contributed by atoms with E-state index < -0.39 is 0 Å². The number of aromatic nitrogens is 6. The molecular formula is C22H28N10O. The molecular weight excluding hydrogens is 420 g/mol. The van der Waals surface area contributed by atoms with Gasteiger partial charge in [0.05, 0.1) is 25.0 Å². The van der Waals surface area contributed by atoms with Crippen LogP contribution in [0.15, 0.2) is 24.5 Å². The Labute approximate surface area is 192 Å². The van der Waals surface area contributed by atoms with Gasteiger partial charge in [0.2, 0.25) is 11.9 Å². The van der Waals surface area contributed by atoms with Crippen molar-refractivity contribution < 1.29 is 4.79 Å². The summed E-state index contributed by atoms with van der Waals surface area (Å²) < 4.78 is 1.80. The molecule has 1 saturated carbocycles. The molecule has 11 heteroatoms. The predicted octanol–water partition coefficient (Wildman–Crippen LogP) is 1.66. The lowest BCUT2D eigenvalue weighted by atomic mass is 10.1. The van der Waals surface area contributed by atoms with Gasteiger partial charge < -0.3 is 20.4 Å². The van der Waals surface area contributed by atoms with Crippen LogP contribution in [0.5, 0.6) is 0 Å². The molecule has 0 radical (unpaired) electrons. The van der Waals surface area contributed by atoms with E-state index in [0.29, 0.717) is 30.6 Å². The van der Waals surface area contributed by atoms with E-state index in [-0.39, 0.29) is 11.9 Å². The minimum atomic E-state index is -0.166. The zero-order chi connectivity index (χ0) is 23.1. The van der Waals surface area contributed by atoms with Crippen molar-refractivity contribution in [3.8, 4) is 0 Å². The number of carbonyl (C=O) groups excluding carboxylic acids is 1. The Balaban J connectivity index is 1.27. The number of nitrogens with one attached hydrogen (secondary N) is 2. The molecule has 11 nitrogen and oxygen atoms in total. The van der Waals surface area contributed by atoms with E-state index in [9.17, 15) is 4.79 Å². The lowest BCUT2D eigenvalue weighted by Gasteiger charge is -2.35. The zero-order valence-corrected chi connectivity index (χ0v) is 19.3. The maximum absolute atomic E-state index is 12.5. The van der Waals surface area contributed by atoms with Gasteiger partial charge in [0.25, 0.3) is 0 Å². The molecule has 5 rings (SSSR count). The van der Waals surface area contributed by atoms with E-state index in [0.717, 1.165) is 41.4 Å². The molecule has 0 bridgehead atoms. The van der Waals surface area contributed by atoms with Crippen LogP contribution in [0.1, 0.15) is 29.8 Å². The van der Waals surface area contributed by atoms with Crippen molar-refractivity contribution in [2.75, 3.05) is 41.6 Å². The minimum absolute atomic E-state index is 0.0309. The summed E-state index contributed by atoms with van der Waals surface area (Å²) in [4.78, 5) is 30.0. The number of nitrogens with zero attached hydrogens (tertiary/aromatic N) is 8. The Hall–Kier alpha value is -3.76. The first kappa shape index (κ1) is 21.1. The van der Waals surface area contributed by atoms with Crippen LogP contribution in [-0.2, 0) is 17.9 Å². The second-order valence-electron chi connectivity index (χ2n) is 8.89. The van der Waals surface area contributed by atoms with Crippen LogP contribution in [0.3, 0.4) is 0 Å². The third kappa shape index (κ3) is 4.30. The summed E-state index contributed by atoms with van der Waals surface area (Å²) in [5.41, 5.74) is 3.30. The Morgan fingerprint density at radius 3 is 2.85 bits per heavy atom. The van der Waals surface area contributed by atoms with Crippen LogP contribution in [0.2, 0.25) is 0 Å². The van der Waals surface area contributed by atoms with Gasteiger partial charge in [0.15, 0.2) is 5.82 Å². The van der Waals surface area contributed by atoms with Crippen LogP contribution in [0.4, 0.5) is 23.3 Å². The molecule has 4 heterocycles. The van der Waals surface area contributed by atoms with Gasteiger partial charge in [-0.05, 0) is 43.4 Å². The van der Waals surface area contributed by atoms with Gasteiger partial charge in [-0.25, -0.2) is 14.6 Å². The molecule has 1 aliphatic heterocycles. The third-order valence-electron chi connectivity index (χ3n) is 6.03. The first-order valence-corrected chi connectivity index (χ1v) is 11.1. The fraction of sp³-hybridized carbons (Fsp3) is 0.455. The fourth-order valence-electron chi connectivity index (χ4n) is 4.14. The number of likely N-dealkylation sites (N-methyl/N-ethyl adjacent to an activating group) is 1. The molecule has 1 fully saturated rings. The second kappa shape index (κ2) is 8.30. The van der Waals surface area contributed by atoms with Gasteiger partial charge in [-0.3, -0.25) is 4.79 Å². The molecule has 0 aromatic carbocycles. The normalized spacial score (nSPS) is 17.5. The quantitative estimate of drug-likeness (QED) is 0.556. The average Bonchev–Trinajstić information content (AvgIpc) is 3.52. The molecule has 2 N–H and O–H groups in total. The average molecular weight is 449 g/mol. The van der Waals surface area contributed by atoms with Crippen LogP contribution in [0, 0.1) is 12.8 Å². The van der Waals surface area contributed by atoms with Crippen LogP contribution < -0.4 is 20.4 Å². The molecule has 3 aromatic heterocycles. The molecule has 3 aromatic rings. The predicted molar refractivity (Wildman–Crippen MR) is 125 cm³/mol. The summed E-state index contributed by atoms with van der Waals surface area (Å²) >= 11 is 0. The van der Waals surface area contributed by atoms with Crippen molar-refractivity contribution in [1.29, 1.82) is 0 Å². The van der Waals surface area contributed by atoms with Crippen molar-refractivity contribution in [3.63, 3.8) is 0 Å². The molecule has 0 saturated heterocycles. The summed E-state index contributed by atoms with van der Waals surface area (Å²) in [6, 6.07) is 3.84. The first-order chi connectivity index (χ1) is 15.9. The summed E-state index contributed by atoms with van der Waals surface area (Å²) in [6.45, 7) is 2.93. The number of carbonyl (C=O) groups is 1. The van der Waals surface area contributed by atoms with Gasteiger partial charge in [0, 0.05) is 27.3 Å². The van der Waals surface area contributed by atoms with Crippen molar-refractivity contribution in [3.05, 3.63) is 41.5 Å². The monoisotopic (exact) mass is 448 g/mol. The molecule has 1 atom stereocenters. The van der Waals surface area contributed by atoms with Crippen molar-refractivity contribution >= 4 is 29.2 Å². The Morgan fingerprint density at radius 2 is 2.09 bits per heavy atom. The first-order valence-electron chi connectivity index (χ1n) is 11.1. The molecule has 33 heavy (non-hydrogen) atoms. The highest BCUT2D eigenvalue weighted by atomic mass is 16.2. The number of fused-ring (bicyclic) bond motifs is 1. The van der Waals surface area contributed by atoms with Crippen molar-refractivity contribution in [1.82, 2.24) is 29.9 Å². The number of aryl methyl sites for hydroxylation is 1. The van der Waals surface area contributed by atoms with Crippen molar-refractivity contribution in [2.45, 2.75) is 38.9 Å². The number of anilines is 4. The molecule has 1 amide bonds. The summed E-state index contributed by atoms with van der Waals surface area (Å²) in [5.74, 6) is 2.59. The number of hydrogen-bond acceptors (Lipinski definition) is 9. The van der Waals surface area contributed by atoms with Gasteiger partial charge in [0.1, 0.15) is 23.2 Å². The lowest BCUT2D eigenvalue weighted by Crippen LogP contribution is -2.48. The third-order valence-corrected chi connectivity index (χ3v) is 6.03. The van der Waals surface area contributed by atoms with Gasteiger partial charge >= 0.3 is 0 Å². The smallest absolute Gasteiger partial charge is 0.247 e. The summed E-state index contributed by atoms with van der Waals surface area (Å²) in [5, 5.41) is 14.8. The SMILES string of the molecule is Cc1nc(NCc2cn(Cc3ccnc(N(C)C)c3)nn2)nc2c1NC(=O)C(C1CC1)N2C. The van der Waals surface area contributed by atoms with Crippen LogP contribution in [-0.4, -0.2) is 63.0 Å². The fourth-order valence-corrected chi connectivity index (χ4v) is 4.14. The molecule has 2 aliphatic rings. The van der Waals surface area contributed by atoms with E-state index in [1.165, 1.54) is 0 Å². The van der Waals surface area contributed by atoms with E-state index in [1.807, 2.05) is 56.2 Å². The van der Waals surface area contributed by atoms with Crippen molar-refractivity contribution in [2.24, 2.45) is 5.92 Å². The highest BCUT2D eigenvalue weighted by Crippen LogP contribution is 2.41. The van der Waals surface area contributed by atoms with E-state index >= 15 is 0 Å². The van der Waals surface area contributed by atoms with Gasteiger partial charge in [-0.1, -0.05) is 5.21 Å². The van der Waals surface area contributed by atoms with E-state index in [4.69, 9.17) is 0 Å². The number of hydrogen-bond donors (Lipinski definition) is 2. The minimum Gasteiger partial charge on any atom is -0.363 e. The second-order valence-corrected chi connectivity index (χ2v) is 8.89. The van der Waals surface area contributed by atoms with Crippen LogP contribution >= 0.6 is 0 Å². The number of rotatable bonds is 7. The standard InChI is InChI=1S/C22H28N10O/c1-13-18-20(31(4)19(15-5-6-15)21(33)26-18)27-22(25-13)24-10-16-12-32(29-28-16)11-14-7-8-23-17(9-14)30(2)3/h7-9,12,15,19H,5-6,10-11H2,1-4H3,(H,26,33)(H,24,25,27). The summed E-state index contributed by atoms with van der Waals surface area (Å²) in [6.07, 6.45) is 5.87. The largest absolute Gasteiger partial charge is 0.363 e. The molecule has 1 aliphatic carbocycles. The summed E-state index contributed by atoms with van der Waals surface area (Å²) in [7, 11) is 5.87. The Morgan fingerprint density at radius 1 is 1.27 bits per heavy atom. The van der Waals surface area contributed by atoms with Gasteiger partial charge in [-0.15, -0.1) is 5.10 Å². The zero-order valence-electron chi connectivity index (χ0n) is 19.3. The topological polar surface area (TPSA) is 117 Å². The molecule has 172 valence electrons. The van der Waals surface area contributed by atoms with E-state index in [1.54, 1.807) is 10.9 Å².